The normalized spacial score (nSPS) is 13.0. The lowest BCUT2D eigenvalue weighted by Crippen LogP contribution is -2.14. The van der Waals surface area contributed by atoms with Gasteiger partial charge >= 0.3 is 6.18 Å². The molecule has 0 aliphatic rings. The van der Waals surface area contributed by atoms with Crippen LogP contribution in [0.2, 0.25) is 0 Å². The average Bonchev–Trinajstić information content (AvgIpc) is 2.37. The first-order chi connectivity index (χ1) is 9.75. The quantitative estimate of drug-likeness (QED) is 0.853. The van der Waals surface area contributed by atoms with Crippen molar-refractivity contribution in [1.29, 1.82) is 0 Å². The molecule has 4 nitrogen and oxygen atoms in total. The topological polar surface area (TPSA) is 63.8 Å². The van der Waals surface area contributed by atoms with E-state index in [9.17, 15) is 17.6 Å². The predicted octanol–water partition coefficient (Wildman–Crippen LogP) is 3.39. The number of hydrogen-bond donors (Lipinski definition) is 2. The van der Waals surface area contributed by atoms with E-state index in [0.29, 0.717) is 5.56 Å². The van der Waals surface area contributed by atoms with Crippen LogP contribution in [0.1, 0.15) is 24.2 Å². The van der Waals surface area contributed by atoms with E-state index >= 15 is 0 Å². The van der Waals surface area contributed by atoms with Gasteiger partial charge in [-0.2, -0.15) is 18.2 Å². The van der Waals surface area contributed by atoms with E-state index in [2.05, 4.69) is 15.3 Å². The molecule has 3 N–H and O–H groups in total. The van der Waals surface area contributed by atoms with E-state index in [-0.39, 0.29) is 11.9 Å². The molecule has 1 aromatic carbocycles. The van der Waals surface area contributed by atoms with E-state index in [0.717, 1.165) is 6.07 Å². The summed E-state index contributed by atoms with van der Waals surface area (Å²) in [5.74, 6) is -0.915. The summed E-state index contributed by atoms with van der Waals surface area (Å²) in [4.78, 5) is 6.86. The fourth-order valence-corrected chi connectivity index (χ4v) is 1.74. The number of hydrogen-bond acceptors (Lipinski definition) is 4. The van der Waals surface area contributed by atoms with Gasteiger partial charge in [0.05, 0.1) is 0 Å². The van der Waals surface area contributed by atoms with Crippen molar-refractivity contribution in [3.8, 4) is 0 Å². The molecular formula is C13H12F4N4. The minimum absolute atomic E-state index is 0.0494. The van der Waals surface area contributed by atoms with Crippen LogP contribution in [0.25, 0.3) is 0 Å². The summed E-state index contributed by atoms with van der Waals surface area (Å²) < 4.78 is 50.7. The molecule has 0 fully saturated rings. The lowest BCUT2D eigenvalue weighted by atomic mass is 10.1. The molecule has 0 bridgehead atoms. The van der Waals surface area contributed by atoms with Gasteiger partial charge < -0.3 is 11.1 Å². The highest BCUT2D eigenvalue weighted by atomic mass is 19.4. The number of nitrogens with one attached hydrogen (secondary N) is 1. The third-order valence-corrected chi connectivity index (χ3v) is 2.77. The maximum Gasteiger partial charge on any atom is 0.433 e. The zero-order valence-corrected chi connectivity index (χ0v) is 10.9. The maximum absolute atomic E-state index is 12.8. The lowest BCUT2D eigenvalue weighted by molar-refractivity contribution is -0.141. The number of nitrogen functional groups attached to an aromatic ring is 1. The van der Waals surface area contributed by atoms with Crippen LogP contribution in [0.4, 0.5) is 29.3 Å². The summed E-state index contributed by atoms with van der Waals surface area (Å²) in [7, 11) is 0. The summed E-state index contributed by atoms with van der Waals surface area (Å²) in [6, 6.07) is 5.99. The highest BCUT2D eigenvalue weighted by Crippen LogP contribution is 2.30. The molecule has 0 amide bonds. The Labute approximate surface area is 118 Å². The van der Waals surface area contributed by atoms with Crippen molar-refractivity contribution in [2.45, 2.75) is 19.1 Å². The number of anilines is 2. The van der Waals surface area contributed by atoms with Crippen LogP contribution in [0.15, 0.2) is 30.3 Å². The summed E-state index contributed by atoms with van der Waals surface area (Å²) in [5.41, 5.74) is 4.85. The van der Waals surface area contributed by atoms with E-state index in [1.807, 2.05) is 0 Å². The molecule has 0 spiro atoms. The van der Waals surface area contributed by atoms with Crippen molar-refractivity contribution in [3.63, 3.8) is 0 Å². The van der Waals surface area contributed by atoms with Crippen LogP contribution in [0, 0.1) is 5.82 Å². The van der Waals surface area contributed by atoms with Crippen LogP contribution in [-0.2, 0) is 6.18 Å². The van der Waals surface area contributed by atoms with Crippen molar-refractivity contribution in [2.75, 3.05) is 11.1 Å². The summed E-state index contributed by atoms with van der Waals surface area (Å²) in [5, 5.41) is 2.78. The standard InChI is InChI=1S/C13H12F4N4/c1-7(8-2-4-9(14)5-3-8)19-11-6-10(13(15,16)17)20-12(18)21-11/h2-7H,1H3,(H3,18,19,20,21). The second-order valence-electron chi connectivity index (χ2n) is 4.41. The number of nitrogens with zero attached hydrogens (tertiary/aromatic N) is 2. The summed E-state index contributed by atoms with van der Waals surface area (Å²) in [6.07, 6.45) is -4.60. The Kier molecular flexibility index (Phi) is 3.97. The molecule has 1 unspecified atom stereocenters. The zero-order chi connectivity index (χ0) is 15.6. The first-order valence-electron chi connectivity index (χ1n) is 5.99. The Morgan fingerprint density at radius 1 is 1.14 bits per heavy atom. The minimum atomic E-state index is -4.60. The third kappa shape index (κ3) is 3.80. The van der Waals surface area contributed by atoms with Crippen molar-refractivity contribution >= 4 is 11.8 Å². The van der Waals surface area contributed by atoms with Gasteiger partial charge in [-0.05, 0) is 24.6 Å². The lowest BCUT2D eigenvalue weighted by Gasteiger charge is -2.16. The van der Waals surface area contributed by atoms with E-state index in [1.54, 1.807) is 6.92 Å². The van der Waals surface area contributed by atoms with E-state index in [1.165, 1.54) is 24.3 Å². The third-order valence-electron chi connectivity index (χ3n) is 2.77. The molecule has 0 radical (unpaired) electrons. The molecule has 8 heteroatoms. The molecule has 21 heavy (non-hydrogen) atoms. The molecule has 112 valence electrons. The molecule has 1 heterocycles. The highest BCUT2D eigenvalue weighted by Gasteiger charge is 2.33. The number of benzene rings is 1. The Balaban J connectivity index is 2.23. The van der Waals surface area contributed by atoms with Crippen molar-refractivity contribution in [1.82, 2.24) is 9.97 Å². The summed E-state index contributed by atoms with van der Waals surface area (Å²) in [6.45, 7) is 1.71. The van der Waals surface area contributed by atoms with Crippen molar-refractivity contribution in [2.24, 2.45) is 0 Å². The fraction of sp³-hybridized carbons (Fsp3) is 0.231. The van der Waals surface area contributed by atoms with Gasteiger partial charge in [0.15, 0.2) is 5.69 Å². The van der Waals surface area contributed by atoms with Crippen LogP contribution in [0.3, 0.4) is 0 Å². The second kappa shape index (κ2) is 5.55. The Bertz CT molecular complexity index is 625. The van der Waals surface area contributed by atoms with E-state index in [4.69, 9.17) is 5.73 Å². The minimum Gasteiger partial charge on any atom is -0.368 e. The van der Waals surface area contributed by atoms with Crippen LogP contribution < -0.4 is 11.1 Å². The molecule has 0 aliphatic heterocycles. The largest absolute Gasteiger partial charge is 0.433 e. The average molecular weight is 300 g/mol. The molecule has 1 atom stereocenters. The highest BCUT2D eigenvalue weighted by molar-refractivity contribution is 5.43. The van der Waals surface area contributed by atoms with Gasteiger partial charge in [-0.15, -0.1) is 0 Å². The number of aromatic nitrogens is 2. The smallest absolute Gasteiger partial charge is 0.368 e. The first kappa shape index (κ1) is 15.0. The number of halogens is 4. The molecule has 1 aromatic heterocycles. The van der Waals surface area contributed by atoms with Gasteiger partial charge in [-0.25, -0.2) is 9.37 Å². The molecule has 2 aromatic rings. The van der Waals surface area contributed by atoms with Crippen LogP contribution in [0.5, 0.6) is 0 Å². The Morgan fingerprint density at radius 2 is 1.76 bits per heavy atom. The summed E-state index contributed by atoms with van der Waals surface area (Å²) >= 11 is 0. The molecular weight excluding hydrogens is 288 g/mol. The van der Waals surface area contributed by atoms with Crippen molar-refractivity contribution < 1.29 is 17.6 Å². The van der Waals surface area contributed by atoms with Crippen LogP contribution >= 0.6 is 0 Å². The van der Waals surface area contributed by atoms with E-state index < -0.39 is 23.6 Å². The zero-order valence-electron chi connectivity index (χ0n) is 10.9. The van der Waals surface area contributed by atoms with Gasteiger partial charge in [-0.3, -0.25) is 0 Å². The molecule has 0 saturated carbocycles. The molecule has 0 aliphatic carbocycles. The number of alkyl halides is 3. The predicted molar refractivity (Wildman–Crippen MR) is 69.9 cm³/mol. The van der Waals surface area contributed by atoms with Gasteiger partial charge in [0.25, 0.3) is 0 Å². The second-order valence-corrected chi connectivity index (χ2v) is 4.41. The van der Waals surface area contributed by atoms with Gasteiger partial charge in [-0.1, -0.05) is 12.1 Å². The van der Waals surface area contributed by atoms with Crippen molar-refractivity contribution in [3.05, 3.63) is 47.4 Å². The number of rotatable bonds is 3. The monoisotopic (exact) mass is 300 g/mol. The van der Waals surface area contributed by atoms with Gasteiger partial charge in [0.1, 0.15) is 11.6 Å². The Hall–Kier alpha value is -2.38. The fourth-order valence-electron chi connectivity index (χ4n) is 1.74. The SMILES string of the molecule is CC(Nc1cc(C(F)(F)F)nc(N)n1)c1ccc(F)cc1. The maximum atomic E-state index is 12.8. The number of nitrogens with two attached hydrogens (primary N) is 1. The Morgan fingerprint density at radius 3 is 2.33 bits per heavy atom. The first-order valence-corrected chi connectivity index (χ1v) is 5.99. The molecule has 0 saturated heterocycles. The van der Waals surface area contributed by atoms with Crippen LogP contribution in [-0.4, -0.2) is 9.97 Å². The molecule has 2 rings (SSSR count). The van der Waals surface area contributed by atoms with Gasteiger partial charge in [0, 0.05) is 12.1 Å². The van der Waals surface area contributed by atoms with Gasteiger partial charge in [0.2, 0.25) is 5.95 Å².